The largest absolute Gasteiger partial charge is 1.00 e. The molecule has 0 fully saturated rings. The van der Waals surface area contributed by atoms with Crippen molar-refractivity contribution >= 4 is 36.0 Å². The van der Waals surface area contributed by atoms with Crippen molar-refractivity contribution in [2.75, 3.05) is 36.2 Å². The smallest absolute Gasteiger partial charge is 0.545 e. The van der Waals surface area contributed by atoms with E-state index in [2.05, 4.69) is 30.8 Å². The molecule has 4 heterocycles. The number of anilines is 2. The zero-order valence-corrected chi connectivity index (χ0v) is 21.8. The monoisotopic (exact) mass is 456 g/mol. The third-order valence-electron chi connectivity index (χ3n) is 4.06. The summed E-state index contributed by atoms with van der Waals surface area (Å²) in [5.74, 6) is -2.45. The Morgan fingerprint density at radius 3 is 1.47 bits per heavy atom. The molecule has 0 radical (unpaired) electrons. The number of hydrogen-bond donors (Lipinski definition) is 2. The Balaban J connectivity index is 0.000000301. The molecule has 32 heavy (non-hydrogen) atoms. The summed E-state index contributed by atoms with van der Waals surface area (Å²) in [5, 5.41) is 24.8. The second kappa shape index (κ2) is 14.0. The van der Waals surface area contributed by atoms with E-state index in [0.717, 1.165) is 0 Å². The van der Waals surface area contributed by atoms with Crippen molar-refractivity contribution in [3.63, 3.8) is 0 Å². The van der Waals surface area contributed by atoms with E-state index in [1.165, 1.54) is 24.5 Å². The van der Waals surface area contributed by atoms with Crippen LogP contribution in [0.2, 0.25) is 0 Å². The first-order chi connectivity index (χ1) is 14.5. The minimum atomic E-state index is -1.23. The van der Waals surface area contributed by atoms with Gasteiger partial charge in [-0.3, -0.25) is 40.8 Å². The molecule has 2 aromatic rings. The average Bonchev–Trinajstić information content (AvgIpc) is 2.81. The molecule has 14 heteroatoms. The SMILES string of the molecule is O=C([O-])c1cncc(N2CCN=CN2)c1.O=C([O-])c1cncc(N2CCN=CN2)c1.[Na+].[Na+]. The number of aromatic carboxylic acids is 2. The van der Waals surface area contributed by atoms with Crippen LogP contribution in [-0.4, -0.2) is 60.8 Å². The van der Waals surface area contributed by atoms with Crippen molar-refractivity contribution in [1.29, 1.82) is 0 Å². The standard InChI is InChI=1S/2C9H10N4O2.2Na/c2*14-9(15)7-3-8(5-11-4-7)13-2-1-10-6-12-13;;/h2*3-6H,1-2H2,(H,10,12)(H,14,15);;/q;;2*+1/p-2. The zero-order valence-electron chi connectivity index (χ0n) is 17.8. The number of rotatable bonds is 4. The van der Waals surface area contributed by atoms with E-state index in [9.17, 15) is 19.8 Å². The van der Waals surface area contributed by atoms with Gasteiger partial charge in [-0.1, -0.05) is 0 Å². The first kappa shape index (κ1) is 27.8. The molecule has 156 valence electrons. The molecule has 4 rings (SSSR count). The van der Waals surface area contributed by atoms with E-state index in [0.29, 0.717) is 37.6 Å². The number of aliphatic imine (C=N–C) groups is 2. The first-order valence-electron chi connectivity index (χ1n) is 8.91. The summed E-state index contributed by atoms with van der Waals surface area (Å²) >= 11 is 0. The molecule has 2 N–H and O–H groups in total. The number of hydrazine groups is 2. The quantitative estimate of drug-likeness (QED) is 0.423. The number of carbonyl (C=O) groups excluding carboxylic acids is 2. The fraction of sp³-hybridized carbons (Fsp3) is 0.222. The number of aromatic nitrogens is 2. The normalized spacial score (nSPS) is 13.9. The maximum atomic E-state index is 10.6. The van der Waals surface area contributed by atoms with Gasteiger partial charge in [0.05, 0.1) is 61.9 Å². The van der Waals surface area contributed by atoms with Crippen molar-refractivity contribution in [1.82, 2.24) is 20.8 Å². The molecule has 0 unspecified atom stereocenters. The summed E-state index contributed by atoms with van der Waals surface area (Å²) in [6.45, 7) is 2.69. The molecular formula is C18H18N8Na2O4. The minimum Gasteiger partial charge on any atom is -0.545 e. The van der Waals surface area contributed by atoms with Crippen molar-refractivity contribution in [2.45, 2.75) is 0 Å². The first-order valence-corrected chi connectivity index (χ1v) is 8.91. The maximum Gasteiger partial charge on any atom is 1.00 e. The van der Waals surface area contributed by atoms with Crippen LogP contribution in [0.1, 0.15) is 20.7 Å². The summed E-state index contributed by atoms with van der Waals surface area (Å²) in [6, 6.07) is 3.02. The molecule has 0 spiro atoms. The predicted molar refractivity (Wildman–Crippen MR) is 105 cm³/mol. The summed E-state index contributed by atoms with van der Waals surface area (Å²) in [6.07, 6.45) is 8.81. The van der Waals surface area contributed by atoms with Gasteiger partial charge in [0, 0.05) is 23.5 Å². The number of nitrogens with zero attached hydrogens (tertiary/aromatic N) is 6. The van der Waals surface area contributed by atoms with E-state index in [-0.39, 0.29) is 70.2 Å². The van der Waals surface area contributed by atoms with Gasteiger partial charge in [-0.25, -0.2) is 0 Å². The summed E-state index contributed by atoms with van der Waals surface area (Å²) in [4.78, 5) is 36.9. The van der Waals surface area contributed by atoms with E-state index in [1.54, 1.807) is 35.1 Å². The molecule has 2 aromatic heterocycles. The molecule has 0 aliphatic carbocycles. The fourth-order valence-corrected chi connectivity index (χ4v) is 2.58. The molecule has 0 saturated heterocycles. The molecular weight excluding hydrogens is 438 g/mol. The van der Waals surface area contributed by atoms with Crippen LogP contribution < -0.4 is 90.2 Å². The topological polar surface area (TPSA) is 161 Å². The van der Waals surface area contributed by atoms with Crippen molar-refractivity contribution in [3.8, 4) is 0 Å². The Kier molecular flexibility index (Phi) is 12.2. The van der Waals surface area contributed by atoms with Crippen LogP contribution in [0.25, 0.3) is 0 Å². The molecule has 0 atom stereocenters. The molecule has 0 saturated carbocycles. The van der Waals surface area contributed by atoms with E-state index < -0.39 is 11.9 Å². The summed E-state index contributed by atoms with van der Waals surface area (Å²) in [7, 11) is 0. The number of nitrogens with one attached hydrogen (secondary N) is 2. The van der Waals surface area contributed by atoms with Gasteiger partial charge in [0.25, 0.3) is 0 Å². The Bertz CT molecular complexity index is 898. The number of carboxylic acids is 2. The number of carbonyl (C=O) groups is 2. The van der Waals surface area contributed by atoms with Crippen LogP contribution in [0.4, 0.5) is 11.4 Å². The third-order valence-corrected chi connectivity index (χ3v) is 4.06. The van der Waals surface area contributed by atoms with Gasteiger partial charge in [0.1, 0.15) is 12.7 Å². The summed E-state index contributed by atoms with van der Waals surface area (Å²) < 4.78 is 0. The second-order valence-corrected chi connectivity index (χ2v) is 6.07. The van der Waals surface area contributed by atoms with Gasteiger partial charge in [-0.2, -0.15) is 0 Å². The van der Waals surface area contributed by atoms with Crippen molar-refractivity contribution in [3.05, 3.63) is 48.0 Å². The summed E-state index contributed by atoms with van der Waals surface area (Å²) in [5.41, 5.74) is 7.28. The van der Waals surface area contributed by atoms with Gasteiger partial charge in [0.15, 0.2) is 0 Å². The Hall–Kier alpha value is -2.22. The Morgan fingerprint density at radius 1 is 0.750 bits per heavy atom. The van der Waals surface area contributed by atoms with Crippen LogP contribution in [0.3, 0.4) is 0 Å². The van der Waals surface area contributed by atoms with Crippen LogP contribution >= 0.6 is 0 Å². The third kappa shape index (κ3) is 8.04. The second-order valence-electron chi connectivity index (χ2n) is 6.07. The minimum absolute atomic E-state index is 0. The fourth-order valence-electron chi connectivity index (χ4n) is 2.58. The molecule has 0 bridgehead atoms. The molecule has 0 amide bonds. The van der Waals surface area contributed by atoms with Gasteiger partial charge in [0.2, 0.25) is 0 Å². The van der Waals surface area contributed by atoms with Gasteiger partial charge < -0.3 is 19.8 Å². The van der Waals surface area contributed by atoms with Gasteiger partial charge >= 0.3 is 59.1 Å². The van der Waals surface area contributed by atoms with Crippen molar-refractivity contribution < 1.29 is 78.9 Å². The Labute approximate surface area is 228 Å². The average molecular weight is 456 g/mol. The van der Waals surface area contributed by atoms with Crippen LogP contribution in [-0.2, 0) is 0 Å². The van der Waals surface area contributed by atoms with Crippen LogP contribution in [0.15, 0.2) is 46.9 Å². The van der Waals surface area contributed by atoms with E-state index in [4.69, 9.17) is 0 Å². The molecule has 2 aliphatic rings. The number of hydrogen-bond acceptors (Lipinski definition) is 12. The molecule has 2 aliphatic heterocycles. The van der Waals surface area contributed by atoms with E-state index in [1.807, 2.05) is 0 Å². The van der Waals surface area contributed by atoms with Gasteiger partial charge in [-0.15, -0.1) is 0 Å². The van der Waals surface area contributed by atoms with Gasteiger partial charge in [-0.05, 0) is 12.1 Å². The van der Waals surface area contributed by atoms with Crippen LogP contribution in [0.5, 0.6) is 0 Å². The molecule has 0 aromatic carbocycles. The Morgan fingerprint density at radius 2 is 1.16 bits per heavy atom. The number of carboxylic acid groups (broad SMARTS) is 2. The predicted octanol–water partition coefficient (Wildman–Crippen LogP) is -8.40. The zero-order chi connectivity index (χ0) is 21.3. The maximum absolute atomic E-state index is 10.6. The molecule has 12 nitrogen and oxygen atoms in total. The van der Waals surface area contributed by atoms with Crippen molar-refractivity contribution in [2.24, 2.45) is 9.98 Å². The van der Waals surface area contributed by atoms with E-state index >= 15 is 0 Å². The number of pyridine rings is 2. The van der Waals surface area contributed by atoms with Crippen LogP contribution in [0, 0.1) is 0 Å².